The van der Waals surface area contributed by atoms with Gasteiger partial charge < -0.3 is 5.11 Å². The predicted octanol–water partition coefficient (Wildman–Crippen LogP) is 5.10. The van der Waals surface area contributed by atoms with Crippen molar-refractivity contribution < 1.29 is 9.90 Å². The number of aromatic nitrogens is 5. The molecule has 30 heavy (non-hydrogen) atoms. The Morgan fingerprint density at radius 1 is 1.20 bits per heavy atom. The minimum absolute atomic E-state index is 0.363. The molecule has 0 aliphatic heterocycles. The monoisotopic (exact) mass is 440 g/mol. The van der Waals surface area contributed by atoms with Crippen LogP contribution in [-0.4, -0.2) is 36.0 Å². The first-order valence-corrected chi connectivity index (χ1v) is 11.6. The van der Waals surface area contributed by atoms with Gasteiger partial charge in [-0.3, -0.25) is 5.32 Å². The van der Waals surface area contributed by atoms with Crippen LogP contribution < -0.4 is 5.32 Å². The summed E-state index contributed by atoms with van der Waals surface area (Å²) < 4.78 is 2.72. The lowest BCUT2D eigenvalue weighted by atomic mass is 9.86. The molecule has 0 atom stereocenters. The first-order chi connectivity index (χ1) is 14.6. The van der Waals surface area contributed by atoms with E-state index in [2.05, 4.69) is 26.6 Å². The molecule has 0 radical (unpaired) electrons. The summed E-state index contributed by atoms with van der Waals surface area (Å²) in [7, 11) is 0. The molecule has 1 aliphatic rings. The number of carbonyl (C=O) groups is 1. The highest BCUT2D eigenvalue weighted by atomic mass is 32.2. The number of amides is 1. The van der Waals surface area contributed by atoms with Gasteiger partial charge in [0.15, 0.2) is 10.8 Å². The lowest BCUT2D eigenvalue weighted by Crippen LogP contribution is -2.11. The van der Waals surface area contributed by atoms with Crippen LogP contribution in [0.2, 0.25) is 0 Å². The van der Waals surface area contributed by atoms with Crippen molar-refractivity contribution in [3.63, 3.8) is 0 Å². The molecule has 1 aliphatic carbocycles. The second-order valence-corrected chi connectivity index (χ2v) is 9.54. The Bertz CT molecular complexity index is 1210. The van der Waals surface area contributed by atoms with Crippen LogP contribution in [0.15, 0.2) is 40.4 Å². The summed E-state index contributed by atoms with van der Waals surface area (Å²) >= 11 is 2.79. The summed E-state index contributed by atoms with van der Waals surface area (Å²) in [6.45, 7) is 0. The van der Waals surface area contributed by atoms with Gasteiger partial charge in [0.1, 0.15) is 0 Å². The van der Waals surface area contributed by atoms with Gasteiger partial charge in [0.25, 0.3) is 0 Å². The molecule has 0 unspecified atom stereocenters. The van der Waals surface area contributed by atoms with Gasteiger partial charge in [-0.15, -0.1) is 10.2 Å². The van der Waals surface area contributed by atoms with Gasteiger partial charge in [-0.25, -0.2) is 9.78 Å². The quantitative estimate of drug-likeness (QED) is 0.445. The largest absolute Gasteiger partial charge is 0.465 e. The molecule has 1 amide bonds. The Labute approximate surface area is 180 Å². The standard InChI is InChI=1S/C20H20N6O2S2/c27-20(28)22-18-21-15-8-7-14(11-16(15)30-18)29-19-24-23-17-9-6-13(25-26(17)19)10-12-4-2-1-3-5-12/h6-9,11-12H,1-5,10H2,(H,21,22)(H,27,28). The van der Waals surface area contributed by atoms with Gasteiger partial charge in [-0.1, -0.05) is 43.4 Å². The van der Waals surface area contributed by atoms with Crippen LogP contribution >= 0.6 is 23.1 Å². The SMILES string of the molecule is O=C(O)Nc1nc2ccc(Sc3nnc4ccc(CC5CCCCC5)nn34)cc2s1. The van der Waals surface area contributed by atoms with Gasteiger partial charge >= 0.3 is 6.09 Å². The summed E-state index contributed by atoms with van der Waals surface area (Å²) in [5.41, 5.74) is 2.57. The number of nitrogens with one attached hydrogen (secondary N) is 1. The van der Waals surface area contributed by atoms with Crippen molar-refractivity contribution in [3.05, 3.63) is 36.0 Å². The van der Waals surface area contributed by atoms with E-state index in [-0.39, 0.29) is 0 Å². The number of rotatable bonds is 5. The normalized spacial score (nSPS) is 15.1. The smallest absolute Gasteiger partial charge is 0.410 e. The number of thiazole rings is 1. The lowest BCUT2D eigenvalue weighted by Gasteiger charge is -2.20. The molecule has 0 saturated heterocycles. The van der Waals surface area contributed by atoms with E-state index in [1.165, 1.54) is 55.2 Å². The molecule has 154 valence electrons. The zero-order chi connectivity index (χ0) is 20.5. The first-order valence-electron chi connectivity index (χ1n) is 9.94. The van der Waals surface area contributed by atoms with E-state index in [1.807, 2.05) is 28.8 Å². The van der Waals surface area contributed by atoms with Gasteiger partial charge in [0, 0.05) is 4.90 Å². The maximum absolute atomic E-state index is 10.8. The van der Waals surface area contributed by atoms with Crippen molar-refractivity contribution in [2.75, 3.05) is 5.32 Å². The maximum atomic E-state index is 10.8. The van der Waals surface area contributed by atoms with Gasteiger partial charge in [-0.2, -0.15) is 9.61 Å². The third kappa shape index (κ3) is 4.10. The van der Waals surface area contributed by atoms with Crippen molar-refractivity contribution in [2.45, 2.75) is 48.6 Å². The highest BCUT2D eigenvalue weighted by molar-refractivity contribution is 7.99. The molecule has 3 aromatic heterocycles. The van der Waals surface area contributed by atoms with E-state index in [0.29, 0.717) is 10.3 Å². The first kappa shape index (κ1) is 19.3. The number of nitrogens with zero attached hydrogens (tertiary/aromatic N) is 5. The van der Waals surface area contributed by atoms with E-state index in [0.717, 1.165) is 38.8 Å². The van der Waals surface area contributed by atoms with Crippen LogP contribution in [0.5, 0.6) is 0 Å². The summed E-state index contributed by atoms with van der Waals surface area (Å²) in [5, 5.41) is 25.6. The molecule has 0 spiro atoms. The fourth-order valence-corrected chi connectivity index (χ4v) is 5.68. The molecule has 0 bridgehead atoms. The molecule has 1 saturated carbocycles. The number of anilines is 1. The maximum Gasteiger partial charge on any atom is 0.410 e. The lowest BCUT2D eigenvalue weighted by molar-refractivity contribution is 0.209. The van der Waals surface area contributed by atoms with Crippen LogP contribution in [0.4, 0.5) is 9.93 Å². The van der Waals surface area contributed by atoms with E-state index in [4.69, 9.17) is 10.2 Å². The topological polar surface area (TPSA) is 105 Å². The second kappa shape index (κ2) is 8.19. The highest BCUT2D eigenvalue weighted by Gasteiger charge is 2.16. The van der Waals surface area contributed by atoms with E-state index in [9.17, 15) is 4.79 Å². The van der Waals surface area contributed by atoms with Crippen LogP contribution in [0.3, 0.4) is 0 Å². The predicted molar refractivity (Wildman–Crippen MR) is 116 cm³/mol. The van der Waals surface area contributed by atoms with E-state index >= 15 is 0 Å². The average molecular weight is 441 g/mol. The molecule has 1 fully saturated rings. The molecule has 4 aromatic rings. The zero-order valence-electron chi connectivity index (χ0n) is 16.1. The molecule has 1 aromatic carbocycles. The highest BCUT2D eigenvalue weighted by Crippen LogP contribution is 2.33. The molecule has 5 rings (SSSR count). The van der Waals surface area contributed by atoms with E-state index in [1.54, 1.807) is 0 Å². The molecular formula is C20H20N6O2S2. The average Bonchev–Trinajstić information content (AvgIpc) is 3.31. The summed E-state index contributed by atoms with van der Waals surface area (Å²) in [6.07, 6.45) is 6.47. The number of hydrogen-bond acceptors (Lipinski definition) is 7. The summed E-state index contributed by atoms with van der Waals surface area (Å²) in [5.74, 6) is 0.721. The van der Waals surface area contributed by atoms with Crippen LogP contribution in [0.1, 0.15) is 37.8 Å². The Balaban J connectivity index is 1.38. The third-order valence-electron chi connectivity index (χ3n) is 5.29. The molecule has 3 heterocycles. The Kier molecular flexibility index (Phi) is 5.26. The Morgan fingerprint density at radius 3 is 2.90 bits per heavy atom. The van der Waals surface area contributed by atoms with Gasteiger partial charge in [0.2, 0.25) is 5.16 Å². The summed E-state index contributed by atoms with van der Waals surface area (Å²) in [4.78, 5) is 16.1. The molecule has 10 heteroatoms. The number of benzene rings is 1. The van der Waals surface area contributed by atoms with Crippen molar-refractivity contribution in [1.82, 2.24) is 24.8 Å². The van der Waals surface area contributed by atoms with Crippen LogP contribution in [-0.2, 0) is 6.42 Å². The van der Waals surface area contributed by atoms with Crippen molar-refractivity contribution in [2.24, 2.45) is 5.92 Å². The third-order valence-corrected chi connectivity index (χ3v) is 7.16. The number of carboxylic acid groups (broad SMARTS) is 1. The van der Waals surface area contributed by atoms with Gasteiger partial charge in [0.05, 0.1) is 15.9 Å². The Hall–Kier alpha value is -2.72. The van der Waals surface area contributed by atoms with Gasteiger partial charge in [-0.05, 0) is 54.4 Å². The molecular weight excluding hydrogens is 420 g/mol. The summed E-state index contributed by atoms with van der Waals surface area (Å²) in [6, 6.07) is 9.86. The zero-order valence-corrected chi connectivity index (χ0v) is 17.7. The minimum Gasteiger partial charge on any atom is -0.465 e. The second-order valence-electron chi connectivity index (χ2n) is 7.47. The van der Waals surface area contributed by atoms with E-state index < -0.39 is 6.09 Å². The fourth-order valence-electron chi connectivity index (χ4n) is 3.89. The fraction of sp³-hybridized carbons (Fsp3) is 0.350. The van der Waals surface area contributed by atoms with Crippen molar-refractivity contribution in [1.29, 1.82) is 0 Å². The number of fused-ring (bicyclic) bond motifs is 2. The molecule has 2 N–H and O–H groups in total. The van der Waals surface area contributed by atoms with Crippen LogP contribution in [0, 0.1) is 5.92 Å². The number of hydrogen-bond donors (Lipinski definition) is 2. The van der Waals surface area contributed by atoms with Crippen molar-refractivity contribution >= 4 is 50.2 Å². The minimum atomic E-state index is -1.12. The van der Waals surface area contributed by atoms with Crippen molar-refractivity contribution in [3.8, 4) is 0 Å². The Morgan fingerprint density at radius 2 is 2.07 bits per heavy atom. The molecule has 8 nitrogen and oxygen atoms in total. The van der Waals surface area contributed by atoms with Crippen LogP contribution in [0.25, 0.3) is 15.9 Å².